The molecule has 0 spiro atoms. The number of hydrogen-bond donors (Lipinski definition) is 0. The van der Waals surface area contributed by atoms with Gasteiger partial charge in [-0.3, -0.25) is 19.3 Å². The van der Waals surface area contributed by atoms with E-state index < -0.39 is 17.1 Å². The van der Waals surface area contributed by atoms with Crippen LogP contribution in [0.5, 0.6) is 5.75 Å². The van der Waals surface area contributed by atoms with Crippen LogP contribution in [0.2, 0.25) is 10.0 Å². The fourth-order valence-electron chi connectivity index (χ4n) is 2.79. The molecule has 2 aromatic rings. The van der Waals surface area contributed by atoms with Gasteiger partial charge in [-0.1, -0.05) is 51.3 Å². The molecular formula is C22H16BrCl2NO6S. The second-order valence-electron chi connectivity index (χ2n) is 6.61. The van der Waals surface area contributed by atoms with E-state index >= 15 is 0 Å². The van der Waals surface area contributed by atoms with Crippen molar-refractivity contribution in [1.82, 2.24) is 4.90 Å². The second-order valence-corrected chi connectivity index (χ2v) is 9.33. The summed E-state index contributed by atoms with van der Waals surface area (Å²) in [5.74, 6) is -1.43. The lowest BCUT2D eigenvalue weighted by atomic mass is 10.1. The van der Waals surface area contributed by atoms with Gasteiger partial charge in [-0.2, -0.15) is 0 Å². The molecule has 0 radical (unpaired) electrons. The number of thioether (sulfide) groups is 1. The molecule has 172 valence electrons. The summed E-state index contributed by atoms with van der Waals surface area (Å²) in [4.78, 5) is 50.0. The van der Waals surface area contributed by atoms with Crippen molar-refractivity contribution in [3.8, 4) is 5.75 Å². The highest BCUT2D eigenvalue weighted by atomic mass is 79.9. The SMILES string of the molecule is CCOC(=O)COc1c(Cl)cc(/C=C2\SC(=O)N(CC(=O)c3ccc(Br)cc3)C2=O)cc1Cl. The number of carbonyl (C=O) groups excluding carboxylic acids is 4. The van der Waals surface area contributed by atoms with E-state index in [1.54, 1.807) is 31.2 Å². The van der Waals surface area contributed by atoms with Crippen molar-refractivity contribution < 1.29 is 28.7 Å². The van der Waals surface area contributed by atoms with Crippen molar-refractivity contribution in [2.24, 2.45) is 0 Å². The number of carbonyl (C=O) groups is 4. The minimum Gasteiger partial charge on any atom is -0.479 e. The molecule has 0 atom stereocenters. The van der Waals surface area contributed by atoms with Crippen LogP contribution in [-0.2, 0) is 14.3 Å². The molecule has 1 heterocycles. The van der Waals surface area contributed by atoms with Crippen LogP contribution in [-0.4, -0.2) is 47.6 Å². The molecule has 11 heteroatoms. The predicted molar refractivity (Wildman–Crippen MR) is 130 cm³/mol. The van der Waals surface area contributed by atoms with Gasteiger partial charge in [-0.15, -0.1) is 0 Å². The van der Waals surface area contributed by atoms with Crippen LogP contribution in [0.4, 0.5) is 4.79 Å². The van der Waals surface area contributed by atoms with Crippen molar-refractivity contribution in [1.29, 1.82) is 0 Å². The Kier molecular flexibility index (Phi) is 8.58. The van der Waals surface area contributed by atoms with Crippen LogP contribution >= 0.6 is 50.9 Å². The van der Waals surface area contributed by atoms with E-state index in [2.05, 4.69) is 15.9 Å². The first-order chi connectivity index (χ1) is 15.7. The standard InChI is InChI=1S/C22H16BrCl2NO6S/c1-2-31-19(28)11-32-20-15(24)7-12(8-16(20)25)9-18-21(29)26(22(30)33-18)10-17(27)13-3-5-14(23)6-4-13/h3-9H,2,10-11H2,1H3/b18-9-. The zero-order chi connectivity index (χ0) is 24.1. The monoisotopic (exact) mass is 571 g/mol. The molecule has 1 aliphatic heterocycles. The molecule has 0 unspecified atom stereocenters. The van der Waals surface area contributed by atoms with E-state index in [-0.39, 0.29) is 46.2 Å². The van der Waals surface area contributed by atoms with Crippen LogP contribution in [0.25, 0.3) is 6.08 Å². The van der Waals surface area contributed by atoms with Gasteiger partial charge in [0, 0.05) is 10.0 Å². The Labute approximate surface area is 212 Å². The molecule has 0 aromatic heterocycles. The summed E-state index contributed by atoms with van der Waals surface area (Å²) in [5.41, 5.74) is 0.830. The smallest absolute Gasteiger partial charge is 0.344 e. The van der Waals surface area contributed by atoms with E-state index in [1.807, 2.05) is 0 Å². The minimum atomic E-state index is -0.592. The molecule has 3 rings (SSSR count). The maximum absolute atomic E-state index is 12.7. The summed E-state index contributed by atoms with van der Waals surface area (Å²) in [6.45, 7) is 1.15. The predicted octanol–water partition coefficient (Wildman–Crippen LogP) is 5.62. The van der Waals surface area contributed by atoms with Crippen molar-refractivity contribution in [3.05, 3.63) is 66.9 Å². The fourth-order valence-corrected chi connectivity index (χ4v) is 4.51. The number of halogens is 3. The van der Waals surface area contributed by atoms with Gasteiger partial charge in [-0.05, 0) is 54.6 Å². The third kappa shape index (κ3) is 6.38. The number of imide groups is 1. The molecule has 33 heavy (non-hydrogen) atoms. The lowest BCUT2D eigenvalue weighted by Gasteiger charge is -2.11. The Morgan fingerprint density at radius 2 is 1.76 bits per heavy atom. The van der Waals surface area contributed by atoms with Crippen molar-refractivity contribution in [3.63, 3.8) is 0 Å². The molecule has 7 nitrogen and oxygen atoms in total. The van der Waals surface area contributed by atoms with E-state index in [1.165, 1.54) is 18.2 Å². The third-order valence-electron chi connectivity index (χ3n) is 4.30. The maximum atomic E-state index is 12.7. The van der Waals surface area contributed by atoms with Crippen LogP contribution in [0.1, 0.15) is 22.8 Å². The average molecular weight is 573 g/mol. The summed E-state index contributed by atoms with van der Waals surface area (Å²) < 4.78 is 10.9. The lowest BCUT2D eigenvalue weighted by molar-refractivity contribution is -0.145. The largest absolute Gasteiger partial charge is 0.479 e. The summed E-state index contributed by atoms with van der Waals surface area (Å²) in [6.07, 6.45) is 1.45. The number of nitrogens with zero attached hydrogens (tertiary/aromatic N) is 1. The highest BCUT2D eigenvalue weighted by molar-refractivity contribution is 9.10. The number of esters is 1. The van der Waals surface area contributed by atoms with Gasteiger partial charge in [0.1, 0.15) is 0 Å². The first-order valence-electron chi connectivity index (χ1n) is 9.51. The maximum Gasteiger partial charge on any atom is 0.344 e. The quantitative estimate of drug-likeness (QED) is 0.230. The first-order valence-corrected chi connectivity index (χ1v) is 11.9. The van der Waals surface area contributed by atoms with Crippen LogP contribution in [0.3, 0.4) is 0 Å². The van der Waals surface area contributed by atoms with Crippen molar-refractivity contribution in [2.45, 2.75) is 6.92 Å². The summed E-state index contributed by atoms with van der Waals surface area (Å²) >= 11 is 16.4. The molecule has 1 aliphatic rings. The molecule has 1 fully saturated rings. The Morgan fingerprint density at radius 1 is 1.12 bits per heavy atom. The van der Waals surface area contributed by atoms with Gasteiger partial charge in [0.05, 0.1) is 28.1 Å². The molecule has 0 saturated carbocycles. The molecule has 0 bridgehead atoms. The Balaban J connectivity index is 1.73. The van der Waals surface area contributed by atoms with E-state index in [0.29, 0.717) is 22.9 Å². The molecule has 0 aliphatic carbocycles. The van der Waals surface area contributed by atoms with Gasteiger partial charge < -0.3 is 9.47 Å². The summed E-state index contributed by atoms with van der Waals surface area (Å²) in [7, 11) is 0. The second kappa shape index (κ2) is 11.2. The van der Waals surface area contributed by atoms with Gasteiger partial charge in [0.15, 0.2) is 18.1 Å². The van der Waals surface area contributed by atoms with Crippen LogP contribution < -0.4 is 4.74 Å². The van der Waals surface area contributed by atoms with Gasteiger partial charge in [0.25, 0.3) is 11.1 Å². The Bertz CT molecular complexity index is 1130. The number of amides is 2. The summed E-state index contributed by atoms with van der Waals surface area (Å²) in [6, 6.07) is 9.58. The summed E-state index contributed by atoms with van der Waals surface area (Å²) in [5, 5.41) is -0.325. The average Bonchev–Trinajstić information content (AvgIpc) is 3.01. The zero-order valence-corrected chi connectivity index (χ0v) is 21.0. The number of ketones is 1. The molecule has 2 aromatic carbocycles. The number of rotatable bonds is 8. The zero-order valence-electron chi connectivity index (χ0n) is 17.1. The van der Waals surface area contributed by atoms with E-state index in [0.717, 1.165) is 9.37 Å². The van der Waals surface area contributed by atoms with Gasteiger partial charge >= 0.3 is 5.97 Å². The lowest BCUT2D eigenvalue weighted by Crippen LogP contribution is -2.33. The first kappa shape index (κ1) is 25.3. The van der Waals surface area contributed by atoms with Crippen LogP contribution in [0, 0.1) is 0 Å². The number of benzene rings is 2. The van der Waals surface area contributed by atoms with E-state index in [4.69, 9.17) is 32.7 Å². The number of ether oxygens (including phenoxy) is 2. The van der Waals surface area contributed by atoms with Crippen molar-refractivity contribution in [2.75, 3.05) is 19.8 Å². The number of Topliss-reactive ketones (excluding diaryl/α,β-unsaturated/α-hetero) is 1. The van der Waals surface area contributed by atoms with Gasteiger partial charge in [-0.25, -0.2) is 4.79 Å². The third-order valence-corrected chi connectivity index (χ3v) is 6.30. The molecule has 0 N–H and O–H groups in total. The molecular weight excluding hydrogens is 557 g/mol. The molecule has 1 saturated heterocycles. The topological polar surface area (TPSA) is 90.0 Å². The van der Waals surface area contributed by atoms with Crippen molar-refractivity contribution >= 4 is 79.9 Å². The molecule has 2 amide bonds. The normalized spacial score (nSPS) is 14.7. The minimum absolute atomic E-state index is 0.0942. The van der Waals surface area contributed by atoms with Gasteiger partial charge in [0.2, 0.25) is 0 Å². The highest BCUT2D eigenvalue weighted by Gasteiger charge is 2.36. The number of hydrogen-bond acceptors (Lipinski definition) is 7. The fraction of sp³-hybridized carbons (Fsp3) is 0.182. The highest BCUT2D eigenvalue weighted by Crippen LogP contribution is 2.37. The Morgan fingerprint density at radius 3 is 2.36 bits per heavy atom. The van der Waals surface area contributed by atoms with E-state index in [9.17, 15) is 19.2 Å². The Hall–Kier alpha value is -2.33. The van der Waals surface area contributed by atoms with Crippen LogP contribution in [0.15, 0.2) is 45.8 Å².